The molecule has 98 valence electrons. The summed E-state index contributed by atoms with van der Waals surface area (Å²) >= 11 is 0. The molecular weight excluding hydrogens is 256 g/mol. The summed E-state index contributed by atoms with van der Waals surface area (Å²) in [5.41, 5.74) is 0.875. The highest BCUT2D eigenvalue weighted by Crippen LogP contribution is 2.34. The van der Waals surface area contributed by atoms with Crippen molar-refractivity contribution in [1.82, 2.24) is 5.32 Å². The first-order valence-corrected chi connectivity index (χ1v) is 6.45. The SMILES string of the molecule is Cl.N#CC1(c2ccc3ccccc3c2)CCNCC1. The van der Waals surface area contributed by atoms with E-state index in [2.05, 4.69) is 41.7 Å². The molecule has 3 rings (SSSR count). The van der Waals surface area contributed by atoms with Gasteiger partial charge >= 0.3 is 0 Å². The Balaban J connectivity index is 0.00000133. The normalized spacial score (nSPS) is 17.4. The maximum atomic E-state index is 9.59. The maximum Gasteiger partial charge on any atom is 0.0846 e. The van der Waals surface area contributed by atoms with Gasteiger partial charge in [-0.2, -0.15) is 5.26 Å². The maximum absolute atomic E-state index is 9.59. The number of halogens is 1. The van der Waals surface area contributed by atoms with Gasteiger partial charge in [0.05, 0.1) is 11.5 Å². The first kappa shape index (κ1) is 13.9. The fourth-order valence-electron chi connectivity index (χ4n) is 2.81. The van der Waals surface area contributed by atoms with Crippen LogP contribution in [0.15, 0.2) is 42.5 Å². The average molecular weight is 273 g/mol. The van der Waals surface area contributed by atoms with Gasteiger partial charge in [-0.3, -0.25) is 0 Å². The summed E-state index contributed by atoms with van der Waals surface area (Å²) in [6.07, 6.45) is 1.81. The van der Waals surface area contributed by atoms with Gasteiger partial charge in [-0.25, -0.2) is 0 Å². The predicted molar refractivity (Wildman–Crippen MR) is 80.6 cm³/mol. The summed E-state index contributed by atoms with van der Waals surface area (Å²) in [6.45, 7) is 1.86. The van der Waals surface area contributed by atoms with E-state index in [4.69, 9.17) is 0 Å². The molecule has 1 fully saturated rings. The van der Waals surface area contributed by atoms with E-state index >= 15 is 0 Å². The molecule has 0 atom stereocenters. The first-order valence-electron chi connectivity index (χ1n) is 6.45. The first-order chi connectivity index (χ1) is 8.84. The van der Waals surface area contributed by atoms with E-state index in [0.717, 1.165) is 25.9 Å². The average Bonchev–Trinajstić information content (AvgIpc) is 2.47. The molecule has 0 bridgehead atoms. The summed E-state index contributed by atoms with van der Waals surface area (Å²) in [5, 5.41) is 15.4. The minimum atomic E-state index is -0.296. The van der Waals surface area contributed by atoms with Crippen molar-refractivity contribution in [1.29, 1.82) is 5.26 Å². The van der Waals surface area contributed by atoms with Crippen LogP contribution in [0, 0.1) is 11.3 Å². The topological polar surface area (TPSA) is 35.8 Å². The van der Waals surface area contributed by atoms with Crippen molar-refractivity contribution in [3.8, 4) is 6.07 Å². The van der Waals surface area contributed by atoms with E-state index in [-0.39, 0.29) is 17.8 Å². The Kier molecular flexibility index (Phi) is 4.09. The Hall–Kier alpha value is -1.56. The number of hydrogen-bond donors (Lipinski definition) is 1. The van der Waals surface area contributed by atoms with Crippen molar-refractivity contribution >= 4 is 23.2 Å². The van der Waals surface area contributed by atoms with Crippen LogP contribution in [0.1, 0.15) is 18.4 Å². The molecule has 1 saturated heterocycles. The van der Waals surface area contributed by atoms with Crippen LogP contribution < -0.4 is 5.32 Å². The fraction of sp³-hybridized carbons (Fsp3) is 0.312. The third-order valence-electron chi connectivity index (χ3n) is 3.97. The third-order valence-corrected chi connectivity index (χ3v) is 3.97. The number of rotatable bonds is 1. The minimum absolute atomic E-state index is 0. The molecule has 19 heavy (non-hydrogen) atoms. The van der Waals surface area contributed by atoms with Crippen LogP contribution in [-0.4, -0.2) is 13.1 Å². The van der Waals surface area contributed by atoms with Crippen molar-refractivity contribution in [2.75, 3.05) is 13.1 Å². The number of piperidine rings is 1. The second-order valence-corrected chi connectivity index (χ2v) is 5.01. The molecule has 0 aromatic heterocycles. The Bertz CT molecular complexity index is 609. The lowest BCUT2D eigenvalue weighted by atomic mass is 9.74. The zero-order valence-electron chi connectivity index (χ0n) is 10.7. The molecule has 0 amide bonds. The molecule has 0 radical (unpaired) electrons. The van der Waals surface area contributed by atoms with E-state index in [1.54, 1.807) is 0 Å². The Morgan fingerprint density at radius 1 is 1.00 bits per heavy atom. The van der Waals surface area contributed by atoms with Crippen LogP contribution >= 0.6 is 12.4 Å². The van der Waals surface area contributed by atoms with Crippen molar-refractivity contribution < 1.29 is 0 Å². The lowest BCUT2D eigenvalue weighted by Crippen LogP contribution is -2.38. The van der Waals surface area contributed by atoms with Crippen LogP contribution in [0.25, 0.3) is 10.8 Å². The summed E-state index contributed by atoms with van der Waals surface area (Å²) in [6, 6.07) is 17.3. The molecule has 2 aromatic rings. The molecule has 0 saturated carbocycles. The van der Waals surface area contributed by atoms with Crippen LogP contribution in [-0.2, 0) is 5.41 Å². The monoisotopic (exact) mass is 272 g/mol. The van der Waals surface area contributed by atoms with E-state index < -0.39 is 0 Å². The summed E-state index contributed by atoms with van der Waals surface area (Å²) < 4.78 is 0. The number of benzene rings is 2. The van der Waals surface area contributed by atoms with Gasteiger partial charge in [-0.1, -0.05) is 36.4 Å². The van der Waals surface area contributed by atoms with Crippen LogP contribution in [0.4, 0.5) is 0 Å². The van der Waals surface area contributed by atoms with Gasteiger partial charge in [0.1, 0.15) is 0 Å². The molecule has 3 heteroatoms. The Morgan fingerprint density at radius 3 is 2.37 bits per heavy atom. The van der Waals surface area contributed by atoms with Gasteiger partial charge in [-0.15, -0.1) is 12.4 Å². The highest BCUT2D eigenvalue weighted by atomic mass is 35.5. The number of nitrogens with one attached hydrogen (secondary N) is 1. The summed E-state index contributed by atoms with van der Waals surface area (Å²) in [7, 11) is 0. The highest BCUT2D eigenvalue weighted by molar-refractivity contribution is 5.85. The molecule has 1 N–H and O–H groups in total. The summed E-state index contributed by atoms with van der Waals surface area (Å²) in [4.78, 5) is 0. The minimum Gasteiger partial charge on any atom is -0.317 e. The quantitative estimate of drug-likeness (QED) is 0.864. The van der Waals surface area contributed by atoms with Gasteiger partial charge in [0, 0.05) is 0 Å². The summed E-state index contributed by atoms with van der Waals surface area (Å²) in [5.74, 6) is 0. The molecule has 0 unspecified atom stereocenters. The molecule has 2 aromatic carbocycles. The van der Waals surface area contributed by atoms with Crippen molar-refractivity contribution in [2.24, 2.45) is 0 Å². The van der Waals surface area contributed by atoms with Crippen molar-refractivity contribution in [3.63, 3.8) is 0 Å². The fourth-order valence-corrected chi connectivity index (χ4v) is 2.81. The van der Waals surface area contributed by atoms with Crippen molar-refractivity contribution in [3.05, 3.63) is 48.0 Å². The van der Waals surface area contributed by atoms with E-state index in [0.29, 0.717) is 0 Å². The molecular formula is C16H17ClN2. The molecule has 2 nitrogen and oxygen atoms in total. The van der Waals surface area contributed by atoms with Crippen LogP contribution in [0.5, 0.6) is 0 Å². The van der Waals surface area contributed by atoms with Gasteiger partial charge in [-0.05, 0) is 48.3 Å². The van der Waals surface area contributed by atoms with Gasteiger partial charge in [0.15, 0.2) is 0 Å². The lowest BCUT2D eigenvalue weighted by molar-refractivity contribution is 0.383. The highest BCUT2D eigenvalue weighted by Gasteiger charge is 2.33. The van der Waals surface area contributed by atoms with Gasteiger partial charge in [0.25, 0.3) is 0 Å². The third kappa shape index (κ3) is 2.45. The largest absolute Gasteiger partial charge is 0.317 e. The molecule has 1 heterocycles. The number of nitriles is 1. The molecule has 1 aliphatic rings. The number of nitrogens with zero attached hydrogens (tertiary/aromatic N) is 1. The van der Waals surface area contributed by atoms with Crippen LogP contribution in [0.3, 0.4) is 0 Å². The molecule has 0 aliphatic carbocycles. The Morgan fingerprint density at radius 2 is 1.68 bits per heavy atom. The molecule has 0 spiro atoms. The molecule has 1 aliphatic heterocycles. The Labute approximate surface area is 119 Å². The van der Waals surface area contributed by atoms with E-state index in [1.165, 1.54) is 16.3 Å². The zero-order valence-corrected chi connectivity index (χ0v) is 11.5. The lowest BCUT2D eigenvalue weighted by Gasteiger charge is -2.31. The van der Waals surface area contributed by atoms with Crippen LogP contribution in [0.2, 0.25) is 0 Å². The second kappa shape index (κ2) is 5.61. The van der Waals surface area contributed by atoms with Gasteiger partial charge < -0.3 is 5.32 Å². The second-order valence-electron chi connectivity index (χ2n) is 5.01. The zero-order chi connectivity index (χ0) is 12.4. The van der Waals surface area contributed by atoms with Crippen molar-refractivity contribution in [2.45, 2.75) is 18.3 Å². The standard InChI is InChI=1S/C16H16N2.ClH/c17-12-16(7-9-18-10-8-16)15-6-5-13-3-1-2-4-14(13)11-15;/h1-6,11,18H,7-10H2;1H. The van der Waals surface area contributed by atoms with Gasteiger partial charge in [0.2, 0.25) is 0 Å². The van der Waals surface area contributed by atoms with E-state index in [9.17, 15) is 5.26 Å². The smallest absolute Gasteiger partial charge is 0.0846 e. The number of hydrogen-bond acceptors (Lipinski definition) is 2. The van der Waals surface area contributed by atoms with E-state index in [1.807, 2.05) is 12.1 Å². The number of fused-ring (bicyclic) bond motifs is 1. The predicted octanol–water partition coefficient (Wildman–Crippen LogP) is 3.41.